The van der Waals surface area contributed by atoms with Crippen LogP contribution in [0, 0.1) is 0 Å². The molecule has 1 unspecified atom stereocenters. The van der Waals surface area contributed by atoms with Crippen LogP contribution in [0.15, 0.2) is 48.5 Å². The van der Waals surface area contributed by atoms with Gasteiger partial charge in [-0.1, -0.05) is 58.0 Å². The third kappa shape index (κ3) is 4.85. The molecule has 2 aromatic carbocycles. The summed E-state index contributed by atoms with van der Waals surface area (Å²) in [6, 6.07) is 14.1. The highest BCUT2D eigenvalue weighted by Crippen LogP contribution is 2.46. The van der Waals surface area contributed by atoms with Crippen LogP contribution in [-0.2, 0) is 4.57 Å². The van der Waals surface area contributed by atoms with Crippen LogP contribution in [-0.4, -0.2) is 4.89 Å². The van der Waals surface area contributed by atoms with Gasteiger partial charge in [-0.05, 0) is 41.2 Å². The first-order chi connectivity index (χ1) is 10.8. The lowest BCUT2D eigenvalue weighted by molar-refractivity contribution is 0.289. The Morgan fingerprint density at radius 2 is 1.57 bits per heavy atom. The first kappa shape index (κ1) is 17.6. The van der Waals surface area contributed by atoms with E-state index in [9.17, 15) is 9.46 Å². The molecule has 0 saturated heterocycles. The Morgan fingerprint density at radius 1 is 0.913 bits per heavy atom. The predicted octanol–water partition coefficient (Wildman–Crippen LogP) is 5.49. The molecule has 1 N–H and O–H groups in total. The predicted molar refractivity (Wildman–Crippen MR) is 92.1 cm³/mol. The van der Waals surface area contributed by atoms with Crippen molar-refractivity contribution in [2.24, 2.45) is 0 Å². The molecule has 0 amide bonds. The molecule has 0 aliphatic rings. The van der Waals surface area contributed by atoms with Crippen LogP contribution in [0.1, 0.15) is 50.7 Å². The number of hydrogen-bond donors (Lipinski definition) is 1. The SMILES string of the molecule is CC(C)c1ccc(OP(=O)(O)Oc2ccccc2)c(C(C)C)c1. The lowest BCUT2D eigenvalue weighted by Gasteiger charge is -2.19. The molecule has 0 radical (unpaired) electrons. The average molecular weight is 334 g/mol. The second-order valence-corrected chi connectivity index (χ2v) is 7.37. The van der Waals surface area contributed by atoms with E-state index in [1.807, 2.05) is 26.0 Å². The summed E-state index contributed by atoms with van der Waals surface area (Å²) in [7, 11) is -4.24. The van der Waals surface area contributed by atoms with Gasteiger partial charge in [0.2, 0.25) is 0 Å². The van der Waals surface area contributed by atoms with E-state index in [0.29, 0.717) is 17.4 Å². The Labute approximate surface area is 137 Å². The summed E-state index contributed by atoms with van der Waals surface area (Å²) in [4.78, 5) is 10.0. The lowest BCUT2D eigenvalue weighted by atomic mass is 9.95. The van der Waals surface area contributed by atoms with E-state index >= 15 is 0 Å². The van der Waals surface area contributed by atoms with Crippen molar-refractivity contribution in [1.29, 1.82) is 0 Å². The Hall–Kier alpha value is -1.77. The van der Waals surface area contributed by atoms with Gasteiger partial charge in [0.15, 0.2) is 0 Å². The number of benzene rings is 2. The molecule has 0 saturated carbocycles. The third-order valence-electron chi connectivity index (χ3n) is 3.50. The van der Waals surface area contributed by atoms with Crippen LogP contribution >= 0.6 is 7.82 Å². The molecule has 0 aliphatic heterocycles. The van der Waals surface area contributed by atoms with E-state index in [-0.39, 0.29) is 5.92 Å². The van der Waals surface area contributed by atoms with Crippen molar-refractivity contribution in [3.63, 3.8) is 0 Å². The van der Waals surface area contributed by atoms with Crippen LogP contribution < -0.4 is 9.05 Å². The fourth-order valence-electron chi connectivity index (χ4n) is 2.22. The summed E-state index contributed by atoms with van der Waals surface area (Å²) in [5, 5.41) is 0. The number of hydrogen-bond acceptors (Lipinski definition) is 3. The van der Waals surface area contributed by atoms with E-state index in [1.165, 1.54) is 0 Å². The second kappa shape index (κ2) is 7.20. The van der Waals surface area contributed by atoms with Gasteiger partial charge in [0.05, 0.1) is 0 Å². The highest BCUT2D eigenvalue weighted by Gasteiger charge is 2.27. The van der Waals surface area contributed by atoms with Gasteiger partial charge in [-0.3, -0.25) is 4.89 Å². The molecule has 0 fully saturated rings. The van der Waals surface area contributed by atoms with Crippen LogP contribution in [0.5, 0.6) is 11.5 Å². The molecule has 2 aromatic rings. The molecule has 0 heterocycles. The monoisotopic (exact) mass is 334 g/mol. The smallest absolute Gasteiger partial charge is 0.395 e. The fraction of sp³-hybridized carbons (Fsp3) is 0.333. The summed E-state index contributed by atoms with van der Waals surface area (Å²) < 4.78 is 22.7. The molecule has 124 valence electrons. The highest BCUT2D eigenvalue weighted by molar-refractivity contribution is 7.48. The molecule has 23 heavy (non-hydrogen) atoms. The van der Waals surface area contributed by atoms with Gasteiger partial charge in [0.1, 0.15) is 11.5 Å². The van der Waals surface area contributed by atoms with Crippen molar-refractivity contribution in [3.8, 4) is 11.5 Å². The number of phosphoric acid groups is 1. The summed E-state index contributed by atoms with van der Waals surface area (Å²) >= 11 is 0. The molecule has 0 aliphatic carbocycles. The van der Waals surface area contributed by atoms with Crippen molar-refractivity contribution in [1.82, 2.24) is 0 Å². The molecule has 0 spiro atoms. The van der Waals surface area contributed by atoms with Gasteiger partial charge in [-0.15, -0.1) is 0 Å². The standard InChI is InChI=1S/C18H23O4P/c1-13(2)15-10-11-18(17(12-15)14(3)4)22-23(19,20)21-16-8-6-5-7-9-16/h5-14H,1-4H3,(H,19,20). The minimum absolute atomic E-state index is 0.167. The number of phosphoric ester groups is 1. The van der Waals surface area contributed by atoms with Gasteiger partial charge < -0.3 is 9.05 Å². The Balaban J connectivity index is 2.26. The van der Waals surface area contributed by atoms with Crippen molar-refractivity contribution in [3.05, 3.63) is 59.7 Å². The quantitative estimate of drug-likeness (QED) is 0.710. The molecule has 5 heteroatoms. The molecule has 0 bridgehead atoms. The van der Waals surface area contributed by atoms with Crippen LogP contribution in [0.25, 0.3) is 0 Å². The molecular weight excluding hydrogens is 311 g/mol. The molecular formula is C18H23O4P. The van der Waals surface area contributed by atoms with Crippen molar-refractivity contribution < 1.29 is 18.5 Å². The van der Waals surface area contributed by atoms with E-state index in [1.54, 1.807) is 36.4 Å². The molecule has 2 rings (SSSR count). The van der Waals surface area contributed by atoms with Crippen molar-refractivity contribution in [2.75, 3.05) is 0 Å². The van der Waals surface area contributed by atoms with E-state index in [4.69, 9.17) is 9.05 Å². The molecule has 4 nitrogen and oxygen atoms in total. The first-order valence-electron chi connectivity index (χ1n) is 7.69. The van der Waals surface area contributed by atoms with Gasteiger partial charge >= 0.3 is 7.82 Å². The lowest BCUT2D eigenvalue weighted by Crippen LogP contribution is -2.03. The minimum atomic E-state index is -4.24. The zero-order valence-electron chi connectivity index (χ0n) is 13.9. The normalized spacial score (nSPS) is 13.9. The van der Waals surface area contributed by atoms with Gasteiger partial charge in [-0.2, -0.15) is 0 Å². The van der Waals surface area contributed by atoms with E-state index < -0.39 is 7.82 Å². The summed E-state index contributed by atoms with van der Waals surface area (Å²) in [6.45, 7) is 8.25. The zero-order valence-corrected chi connectivity index (χ0v) is 14.8. The van der Waals surface area contributed by atoms with E-state index in [2.05, 4.69) is 13.8 Å². The van der Waals surface area contributed by atoms with Crippen LogP contribution in [0.3, 0.4) is 0 Å². The Bertz CT molecular complexity index is 695. The maximum absolute atomic E-state index is 12.3. The van der Waals surface area contributed by atoms with Crippen molar-refractivity contribution in [2.45, 2.75) is 39.5 Å². The maximum atomic E-state index is 12.3. The minimum Gasteiger partial charge on any atom is -0.395 e. The Morgan fingerprint density at radius 3 is 2.13 bits per heavy atom. The summed E-state index contributed by atoms with van der Waals surface area (Å²) in [5.41, 5.74) is 2.06. The van der Waals surface area contributed by atoms with Gasteiger partial charge in [-0.25, -0.2) is 4.57 Å². The van der Waals surface area contributed by atoms with E-state index in [0.717, 1.165) is 11.1 Å². The number of rotatable bonds is 6. The zero-order chi connectivity index (χ0) is 17.0. The van der Waals surface area contributed by atoms with Crippen LogP contribution in [0.2, 0.25) is 0 Å². The number of para-hydroxylation sites is 1. The Kier molecular flexibility index (Phi) is 5.51. The molecule has 1 atom stereocenters. The summed E-state index contributed by atoms with van der Waals surface area (Å²) in [6.07, 6.45) is 0. The third-order valence-corrected chi connectivity index (χ3v) is 4.37. The first-order valence-corrected chi connectivity index (χ1v) is 9.19. The van der Waals surface area contributed by atoms with Crippen LogP contribution in [0.4, 0.5) is 0 Å². The topological polar surface area (TPSA) is 55.8 Å². The second-order valence-electron chi connectivity index (χ2n) is 6.07. The van der Waals surface area contributed by atoms with Gasteiger partial charge in [0, 0.05) is 0 Å². The van der Waals surface area contributed by atoms with Gasteiger partial charge in [0.25, 0.3) is 0 Å². The fourth-order valence-corrected chi connectivity index (χ4v) is 3.06. The summed E-state index contributed by atoms with van der Waals surface area (Å²) in [5.74, 6) is 1.22. The van der Waals surface area contributed by atoms with Crippen molar-refractivity contribution >= 4 is 7.82 Å². The largest absolute Gasteiger partial charge is 0.584 e. The highest BCUT2D eigenvalue weighted by atomic mass is 31.2. The average Bonchev–Trinajstić information content (AvgIpc) is 2.47. The maximum Gasteiger partial charge on any atom is 0.584 e. The molecule has 0 aromatic heterocycles.